The Morgan fingerprint density at radius 3 is 2.53 bits per heavy atom. The zero-order valence-electron chi connectivity index (χ0n) is 17.1. The summed E-state index contributed by atoms with van der Waals surface area (Å²) in [6.07, 6.45) is 2.07. The average Bonchev–Trinajstić information content (AvgIpc) is 3.09. The minimum atomic E-state index is -3.87. The number of nitrogens with one attached hydrogen (secondary N) is 1. The molecule has 2 N–H and O–H groups in total. The first kappa shape index (κ1) is 23.1. The predicted molar refractivity (Wildman–Crippen MR) is 130 cm³/mol. The number of anilines is 1. The van der Waals surface area contributed by atoms with Crippen molar-refractivity contribution in [1.82, 2.24) is 19.3 Å². The predicted octanol–water partition coefficient (Wildman–Crippen LogP) is 3.72. The Hall–Kier alpha value is -2.12. The number of benzene rings is 1. The van der Waals surface area contributed by atoms with Gasteiger partial charge in [-0.25, -0.2) is 17.2 Å². The van der Waals surface area contributed by atoms with Gasteiger partial charge in [-0.1, -0.05) is 17.7 Å². The molecule has 1 saturated heterocycles. The fraction of sp³-hybridized carbons (Fsp3) is 0.350. The molecule has 1 aliphatic rings. The van der Waals surface area contributed by atoms with Crippen LogP contribution < -0.4 is 10.2 Å². The summed E-state index contributed by atoms with van der Waals surface area (Å²) in [5, 5.41) is 11.9. The number of hydrogen-bond acceptors (Lipinski definition) is 6. The van der Waals surface area contributed by atoms with E-state index in [0.29, 0.717) is 34.4 Å². The summed E-state index contributed by atoms with van der Waals surface area (Å²) >= 11 is 8.31. The fourth-order valence-corrected chi connectivity index (χ4v) is 6.25. The van der Waals surface area contributed by atoms with Crippen LogP contribution >= 0.6 is 34.2 Å². The highest BCUT2D eigenvalue weighted by Crippen LogP contribution is 2.35. The van der Waals surface area contributed by atoms with Crippen LogP contribution in [0.5, 0.6) is 0 Å². The van der Waals surface area contributed by atoms with Crippen molar-refractivity contribution in [3.63, 3.8) is 0 Å². The van der Waals surface area contributed by atoms with Crippen molar-refractivity contribution in [3.8, 4) is 0 Å². The molecule has 3 aromatic rings. The number of amides is 1. The Morgan fingerprint density at radius 1 is 1.25 bits per heavy atom. The lowest BCUT2D eigenvalue weighted by molar-refractivity contribution is 0.191. The highest BCUT2D eigenvalue weighted by Gasteiger charge is 2.28. The van der Waals surface area contributed by atoms with E-state index in [1.165, 1.54) is 0 Å². The number of halogens is 2. The quantitative estimate of drug-likeness (QED) is 0.344. The summed E-state index contributed by atoms with van der Waals surface area (Å²) in [5.41, 5.74) is 1.20. The topological polar surface area (TPSA) is 117 Å². The number of aromatic nitrogens is 3. The number of rotatable bonds is 5. The number of hydrogen-bond donors (Lipinski definition) is 2. The molecule has 0 aliphatic carbocycles. The highest BCUT2D eigenvalue weighted by atomic mass is 127. The molecule has 0 unspecified atom stereocenters. The van der Waals surface area contributed by atoms with Crippen molar-refractivity contribution < 1.29 is 18.3 Å². The third kappa shape index (κ3) is 4.50. The van der Waals surface area contributed by atoms with Crippen molar-refractivity contribution in [2.45, 2.75) is 24.7 Å². The molecule has 0 saturated carbocycles. The van der Waals surface area contributed by atoms with E-state index in [1.54, 1.807) is 30.5 Å². The van der Waals surface area contributed by atoms with Gasteiger partial charge in [0.05, 0.1) is 10.3 Å². The molecule has 1 aliphatic heterocycles. The van der Waals surface area contributed by atoms with Crippen LogP contribution in [0.3, 0.4) is 0 Å². The second-order valence-electron chi connectivity index (χ2n) is 7.72. The summed E-state index contributed by atoms with van der Waals surface area (Å²) in [6, 6.07) is 6.65. The maximum atomic E-state index is 13.3. The van der Waals surface area contributed by atoms with Gasteiger partial charge < -0.3 is 15.3 Å². The largest absolute Gasteiger partial charge is 0.465 e. The second kappa shape index (κ2) is 9.02. The molecule has 0 bridgehead atoms. The van der Waals surface area contributed by atoms with Gasteiger partial charge in [-0.05, 0) is 72.0 Å². The SMILES string of the molecule is Cc1ccc(S(=O)(=O)n2cc(I)c3c(N4CCC(CNC(=O)O)CC4)nc(Cl)nc32)cc1. The van der Waals surface area contributed by atoms with E-state index in [9.17, 15) is 13.2 Å². The zero-order chi connectivity index (χ0) is 23.0. The van der Waals surface area contributed by atoms with E-state index in [0.717, 1.165) is 22.4 Å². The van der Waals surface area contributed by atoms with Crippen LogP contribution in [0.15, 0.2) is 35.4 Å². The van der Waals surface area contributed by atoms with Gasteiger partial charge in [0, 0.05) is 29.4 Å². The number of piperidine rings is 1. The van der Waals surface area contributed by atoms with Crippen molar-refractivity contribution >= 4 is 67.2 Å². The molecule has 3 heterocycles. The summed E-state index contributed by atoms with van der Waals surface area (Å²) in [6.45, 7) is 3.61. The van der Waals surface area contributed by atoms with Gasteiger partial charge in [0.15, 0.2) is 5.65 Å². The zero-order valence-corrected chi connectivity index (χ0v) is 20.9. The van der Waals surface area contributed by atoms with Crippen molar-refractivity contribution in [1.29, 1.82) is 0 Å². The lowest BCUT2D eigenvalue weighted by Gasteiger charge is -2.33. The van der Waals surface area contributed by atoms with Crippen molar-refractivity contribution in [3.05, 3.63) is 44.9 Å². The number of nitrogens with zero attached hydrogens (tertiary/aromatic N) is 4. The molecule has 0 spiro atoms. The molecule has 2 aromatic heterocycles. The molecule has 12 heteroatoms. The number of aryl methyl sites for hydroxylation is 1. The Labute approximate surface area is 204 Å². The van der Waals surface area contributed by atoms with Crippen LogP contribution in [0.25, 0.3) is 11.0 Å². The first-order chi connectivity index (χ1) is 15.2. The minimum Gasteiger partial charge on any atom is -0.465 e. The maximum Gasteiger partial charge on any atom is 0.404 e. The first-order valence-electron chi connectivity index (χ1n) is 9.95. The van der Waals surface area contributed by atoms with Gasteiger partial charge in [-0.3, -0.25) is 0 Å². The molecule has 0 atom stereocenters. The smallest absolute Gasteiger partial charge is 0.404 e. The van der Waals surface area contributed by atoms with Gasteiger partial charge in [-0.15, -0.1) is 0 Å². The minimum absolute atomic E-state index is 0.0305. The lowest BCUT2D eigenvalue weighted by atomic mass is 9.97. The number of fused-ring (bicyclic) bond motifs is 1. The third-order valence-electron chi connectivity index (χ3n) is 5.56. The van der Waals surface area contributed by atoms with Gasteiger partial charge in [0.25, 0.3) is 10.0 Å². The maximum absolute atomic E-state index is 13.3. The molecule has 1 amide bonds. The fourth-order valence-electron chi connectivity index (χ4n) is 3.83. The van der Waals surface area contributed by atoms with Crippen molar-refractivity contribution in [2.24, 2.45) is 5.92 Å². The van der Waals surface area contributed by atoms with Gasteiger partial charge in [0.1, 0.15) is 5.82 Å². The number of carbonyl (C=O) groups is 1. The highest BCUT2D eigenvalue weighted by molar-refractivity contribution is 14.1. The molecular formula is C20H21ClIN5O4S. The average molecular weight is 590 g/mol. The van der Waals surface area contributed by atoms with E-state index >= 15 is 0 Å². The molecule has 0 radical (unpaired) electrons. The van der Waals surface area contributed by atoms with Crippen LogP contribution in [0.2, 0.25) is 5.28 Å². The van der Waals surface area contributed by atoms with Crippen LogP contribution in [-0.2, 0) is 10.0 Å². The van der Waals surface area contributed by atoms with Crippen LogP contribution in [0, 0.1) is 16.4 Å². The first-order valence-corrected chi connectivity index (χ1v) is 12.8. The van der Waals surface area contributed by atoms with Gasteiger partial charge >= 0.3 is 6.09 Å². The normalized spacial score (nSPS) is 15.3. The van der Waals surface area contributed by atoms with E-state index in [-0.39, 0.29) is 21.7 Å². The van der Waals surface area contributed by atoms with E-state index in [1.807, 2.05) is 6.92 Å². The summed E-state index contributed by atoms with van der Waals surface area (Å²) < 4.78 is 28.5. The number of carboxylic acid groups (broad SMARTS) is 1. The molecule has 1 aromatic carbocycles. The van der Waals surface area contributed by atoms with Crippen LogP contribution in [-0.4, -0.2) is 53.2 Å². The third-order valence-corrected chi connectivity index (χ3v) is 8.21. The van der Waals surface area contributed by atoms with Crippen LogP contribution in [0.4, 0.5) is 10.6 Å². The van der Waals surface area contributed by atoms with E-state index < -0.39 is 16.1 Å². The molecular weight excluding hydrogens is 569 g/mol. The summed E-state index contributed by atoms with van der Waals surface area (Å²) in [5.74, 6) is 0.827. The van der Waals surface area contributed by atoms with E-state index in [2.05, 4.69) is 42.8 Å². The lowest BCUT2D eigenvalue weighted by Crippen LogP contribution is -2.38. The van der Waals surface area contributed by atoms with Gasteiger partial charge in [-0.2, -0.15) is 9.97 Å². The summed E-state index contributed by atoms with van der Waals surface area (Å²) in [4.78, 5) is 21.6. The molecule has 4 rings (SSSR count). The molecule has 170 valence electrons. The second-order valence-corrected chi connectivity index (χ2v) is 11.0. The Morgan fingerprint density at radius 2 is 1.91 bits per heavy atom. The van der Waals surface area contributed by atoms with E-state index in [4.69, 9.17) is 16.7 Å². The standard InChI is InChI=1S/C20H21ClIN5O4S/c1-12-2-4-14(5-3-12)32(30,31)27-11-15(22)16-17(24-19(21)25-18(16)27)26-8-6-13(7-9-26)10-23-20(28)29/h2-5,11,13,23H,6-10H2,1H3,(H,28,29). The Bertz CT molecular complexity index is 1270. The van der Waals surface area contributed by atoms with Gasteiger partial charge in [0.2, 0.25) is 5.28 Å². The van der Waals surface area contributed by atoms with Crippen molar-refractivity contribution in [2.75, 3.05) is 24.5 Å². The summed E-state index contributed by atoms with van der Waals surface area (Å²) in [7, 11) is -3.87. The molecule has 1 fully saturated rings. The Kier molecular flexibility index (Phi) is 6.50. The molecule has 9 nitrogen and oxygen atoms in total. The molecule has 32 heavy (non-hydrogen) atoms. The van der Waals surface area contributed by atoms with Crippen LogP contribution in [0.1, 0.15) is 18.4 Å². The monoisotopic (exact) mass is 589 g/mol. The Balaban J connectivity index is 1.70.